The summed E-state index contributed by atoms with van der Waals surface area (Å²) >= 11 is 1.22. The van der Waals surface area contributed by atoms with Gasteiger partial charge in [0.15, 0.2) is 5.17 Å². The Morgan fingerprint density at radius 1 is 1.36 bits per heavy atom. The summed E-state index contributed by atoms with van der Waals surface area (Å²) in [6, 6.07) is 5.12. The van der Waals surface area contributed by atoms with Crippen LogP contribution in [0.5, 0.6) is 0 Å². The van der Waals surface area contributed by atoms with Gasteiger partial charge in [0, 0.05) is 23.0 Å². The molecule has 2 aliphatic rings. The Bertz CT molecular complexity index is 864. The Morgan fingerprint density at radius 2 is 2.12 bits per heavy atom. The van der Waals surface area contributed by atoms with Gasteiger partial charge in [0.05, 0.1) is 18.0 Å². The summed E-state index contributed by atoms with van der Waals surface area (Å²) in [4.78, 5) is 26.4. The van der Waals surface area contributed by atoms with Gasteiger partial charge in [-0.2, -0.15) is 0 Å². The summed E-state index contributed by atoms with van der Waals surface area (Å²) in [5.41, 5.74) is 1.25. The molecule has 0 atom stereocenters. The number of rotatable bonds is 4. The number of sulfonamides is 1. The molecular formula is C15H18N4O4S2. The van der Waals surface area contributed by atoms with Crippen LogP contribution < -0.4 is 15.5 Å². The van der Waals surface area contributed by atoms with Gasteiger partial charge >= 0.3 is 0 Å². The molecule has 1 aromatic carbocycles. The average Bonchev–Trinajstić information content (AvgIpc) is 2.86. The molecule has 0 unspecified atom stereocenters. The summed E-state index contributed by atoms with van der Waals surface area (Å²) in [6.07, 6.45) is 0. The third-order valence-corrected chi connectivity index (χ3v) is 5.90. The van der Waals surface area contributed by atoms with Crippen LogP contribution in [0.3, 0.4) is 0 Å². The lowest BCUT2D eigenvalue weighted by molar-refractivity contribution is -0.120. The van der Waals surface area contributed by atoms with Gasteiger partial charge in [-0.3, -0.25) is 9.59 Å². The van der Waals surface area contributed by atoms with Crippen LogP contribution in [-0.2, 0) is 14.8 Å². The van der Waals surface area contributed by atoms with E-state index in [9.17, 15) is 18.0 Å². The van der Waals surface area contributed by atoms with Gasteiger partial charge in [-0.1, -0.05) is 0 Å². The molecule has 8 nitrogen and oxygen atoms in total. The molecule has 1 aromatic rings. The van der Waals surface area contributed by atoms with E-state index < -0.39 is 10.0 Å². The third kappa shape index (κ3) is 3.96. The highest BCUT2D eigenvalue weighted by Crippen LogP contribution is 2.42. The highest BCUT2D eigenvalue weighted by molar-refractivity contribution is 8.15. The lowest BCUT2D eigenvalue weighted by Gasteiger charge is -2.22. The van der Waals surface area contributed by atoms with E-state index in [1.807, 2.05) is 18.7 Å². The van der Waals surface area contributed by atoms with Crippen molar-refractivity contribution in [2.24, 2.45) is 4.40 Å². The van der Waals surface area contributed by atoms with Crippen LogP contribution in [0.25, 0.3) is 0 Å². The van der Waals surface area contributed by atoms with E-state index in [1.54, 1.807) is 18.2 Å². The van der Waals surface area contributed by atoms with Crippen LogP contribution in [0.4, 0.5) is 5.69 Å². The predicted molar refractivity (Wildman–Crippen MR) is 96.5 cm³/mol. The lowest BCUT2D eigenvalue weighted by atomic mass is 10.2. The van der Waals surface area contributed by atoms with Gasteiger partial charge in [0.25, 0.3) is 15.9 Å². The standard InChI is InChI=1S/C15H18N4O4S2/c1-9(2)17-13(20)8-16-14(21)10-3-4-11-12(7-10)24-15-18-25(22,23)6-5-19(11)15/h3-4,7,9H,5-6,8H2,1-2H3,(H,16,21)(H,17,20). The number of nitrogens with zero attached hydrogens (tertiary/aromatic N) is 2. The summed E-state index contributed by atoms with van der Waals surface area (Å²) in [5.74, 6) is -0.638. The Balaban J connectivity index is 1.71. The lowest BCUT2D eigenvalue weighted by Crippen LogP contribution is -2.39. The number of hydrogen-bond acceptors (Lipinski definition) is 6. The molecule has 0 aliphatic carbocycles. The second kappa shape index (κ2) is 6.68. The molecule has 2 N–H and O–H groups in total. The minimum atomic E-state index is -3.41. The Hall–Kier alpha value is -2.07. The molecule has 0 saturated carbocycles. The third-order valence-electron chi connectivity index (χ3n) is 3.59. The summed E-state index contributed by atoms with van der Waals surface area (Å²) in [6.45, 7) is 3.94. The number of amides is 2. The van der Waals surface area contributed by atoms with Gasteiger partial charge in [0.2, 0.25) is 5.91 Å². The fourth-order valence-corrected chi connectivity index (χ4v) is 4.80. The Labute approximate surface area is 150 Å². The SMILES string of the molecule is CC(C)NC(=O)CNC(=O)c1ccc2c(c1)SC1=NS(=O)(=O)CCN12. The van der Waals surface area contributed by atoms with Crippen molar-refractivity contribution in [2.45, 2.75) is 24.8 Å². The fraction of sp³-hybridized carbons (Fsp3) is 0.400. The molecule has 25 heavy (non-hydrogen) atoms. The zero-order chi connectivity index (χ0) is 18.2. The molecule has 2 amide bonds. The van der Waals surface area contributed by atoms with Crippen molar-refractivity contribution in [2.75, 3.05) is 23.7 Å². The van der Waals surface area contributed by atoms with Crippen molar-refractivity contribution in [1.82, 2.24) is 10.6 Å². The van der Waals surface area contributed by atoms with Crippen LogP contribution in [0.15, 0.2) is 27.5 Å². The van der Waals surface area contributed by atoms with Crippen molar-refractivity contribution >= 4 is 44.5 Å². The number of nitrogens with one attached hydrogen (secondary N) is 2. The first-order chi connectivity index (χ1) is 11.7. The van der Waals surface area contributed by atoms with E-state index in [0.29, 0.717) is 17.3 Å². The molecule has 10 heteroatoms. The number of amidine groups is 1. The molecule has 0 aromatic heterocycles. The first kappa shape index (κ1) is 17.7. The quantitative estimate of drug-likeness (QED) is 0.787. The van der Waals surface area contributed by atoms with Crippen LogP contribution in [0.2, 0.25) is 0 Å². The largest absolute Gasteiger partial charge is 0.352 e. The predicted octanol–water partition coefficient (Wildman–Crippen LogP) is 0.552. The molecule has 0 fully saturated rings. The number of anilines is 1. The summed E-state index contributed by atoms with van der Waals surface area (Å²) < 4.78 is 27.0. The number of carbonyl (C=O) groups is 2. The Morgan fingerprint density at radius 3 is 2.84 bits per heavy atom. The summed E-state index contributed by atoms with van der Waals surface area (Å²) in [7, 11) is -3.41. The average molecular weight is 382 g/mol. The van der Waals surface area contributed by atoms with E-state index >= 15 is 0 Å². The summed E-state index contributed by atoms with van der Waals surface area (Å²) in [5, 5.41) is 5.68. The van der Waals surface area contributed by atoms with Crippen molar-refractivity contribution in [1.29, 1.82) is 0 Å². The molecule has 0 spiro atoms. The molecule has 2 aliphatic heterocycles. The smallest absolute Gasteiger partial charge is 0.257 e. The van der Waals surface area contributed by atoms with Crippen molar-refractivity contribution < 1.29 is 18.0 Å². The monoisotopic (exact) mass is 382 g/mol. The van der Waals surface area contributed by atoms with Gasteiger partial charge < -0.3 is 15.5 Å². The van der Waals surface area contributed by atoms with Crippen molar-refractivity contribution in [3.63, 3.8) is 0 Å². The normalized spacial score (nSPS) is 17.6. The number of carbonyl (C=O) groups excluding carboxylic acids is 2. The topological polar surface area (TPSA) is 108 Å². The second-order valence-electron chi connectivity index (χ2n) is 6.00. The van der Waals surface area contributed by atoms with E-state index in [4.69, 9.17) is 0 Å². The minimum absolute atomic E-state index is 0.00949. The molecule has 3 rings (SSSR count). The van der Waals surface area contributed by atoms with Gasteiger partial charge in [0.1, 0.15) is 0 Å². The van der Waals surface area contributed by atoms with Gasteiger partial charge in [-0.25, -0.2) is 8.42 Å². The fourth-order valence-electron chi connectivity index (χ4n) is 2.51. The maximum absolute atomic E-state index is 12.2. The molecule has 0 bridgehead atoms. The second-order valence-corrected chi connectivity index (χ2v) is 8.76. The van der Waals surface area contributed by atoms with Gasteiger partial charge in [-0.15, -0.1) is 4.40 Å². The highest BCUT2D eigenvalue weighted by atomic mass is 32.2. The van der Waals surface area contributed by atoms with Crippen LogP contribution in [-0.4, -0.2) is 50.3 Å². The first-order valence-electron chi connectivity index (χ1n) is 7.75. The minimum Gasteiger partial charge on any atom is -0.352 e. The highest BCUT2D eigenvalue weighted by Gasteiger charge is 2.33. The van der Waals surface area contributed by atoms with E-state index in [2.05, 4.69) is 15.0 Å². The zero-order valence-electron chi connectivity index (χ0n) is 13.8. The number of hydrogen-bond donors (Lipinski definition) is 2. The van der Waals surface area contributed by atoms with Crippen molar-refractivity contribution in [3.8, 4) is 0 Å². The van der Waals surface area contributed by atoms with Crippen LogP contribution >= 0.6 is 11.8 Å². The van der Waals surface area contributed by atoms with Gasteiger partial charge in [-0.05, 0) is 43.8 Å². The first-order valence-corrected chi connectivity index (χ1v) is 10.2. The van der Waals surface area contributed by atoms with E-state index in [0.717, 1.165) is 10.6 Å². The molecule has 134 valence electrons. The number of thioether (sulfide) groups is 1. The maximum atomic E-state index is 12.2. The van der Waals surface area contributed by atoms with Crippen LogP contribution in [0.1, 0.15) is 24.2 Å². The molecule has 2 heterocycles. The van der Waals surface area contributed by atoms with Crippen LogP contribution in [0, 0.1) is 0 Å². The maximum Gasteiger partial charge on any atom is 0.257 e. The molecular weight excluding hydrogens is 364 g/mol. The molecule has 0 radical (unpaired) electrons. The number of benzene rings is 1. The van der Waals surface area contributed by atoms with E-state index in [1.165, 1.54) is 11.8 Å². The van der Waals surface area contributed by atoms with E-state index in [-0.39, 0.29) is 30.2 Å². The molecule has 0 saturated heterocycles. The number of fused-ring (bicyclic) bond motifs is 3. The van der Waals surface area contributed by atoms with Crippen molar-refractivity contribution in [3.05, 3.63) is 23.8 Å². The Kier molecular flexibility index (Phi) is 4.74. The zero-order valence-corrected chi connectivity index (χ0v) is 15.4.